The van der Waals surface area contributed by atoms with Gasteiger partial charge >= 0.3 is 0 Å². The lowest BCUT2D eigenvalue weighted by molar-refractivity contribution is 0.417. The van der Waals surface area contributed by atoms with Gasteiger partial charge in [0.05, 0.1) is 5.02 Å². The van der Waals surface area contributed by atoms with Crippen LogP contribution in [0.15, 0.2) is 46.2 Å². The minimum Gasteiger partial charge on any atom is -0.309 e. The normalized spacial score (nSPS) is 14.3. The molecule has 1 nitrogen and oxygen atoms in total. The number of hydrogen-bond donors (Lipinski definition) is 0. The van der Waals surface area contributed by atoms with E-state index in [1.807, 2.05) is 14.1 Å². The Morgan fingerprint density at radius 1 is 1.08 bits per heavy atom. The SMILES string of the molecule is CN(C)CC/C=C1/c2ccc(F)cc2Sc2cc(F)c(Cl)cc21.Cl. The average Bonchev–Trinajstić information content (AvgIpc) is 2.48. The van der Waals surface area contributed by atoms with Gasteiger partial charge in [-0.2, -0.15) is 0 Å². The molecule has 0 saturated heterocycles. The Bertz CT molecular complexity index is 791. The maximum atomic E-state index is 13.8. The topological polar surface area (TPSA) is 3.24 Å². The Labute approximate surface area is 156 Å². The minimum absolute atomic E-state index is 0. The van der Waals surface area contributed by atoms with E-state index in [0.717, 1.165) is 39.5 Å². The molecule has 0 bridgehead atoms. The van der Waals surface area contributed by atoms with Crippen molar-refractivity contribution in [2.45, 2.75) is 16.2 Å². The molecule has 0 atom stereocenters. The fourth-order valence-electron chi connectivity index (χ4n) is 2.58. The van der Waals surface area contributed by atoms with Crippen molar-refractivity contribution in [3.05, 3.63) is 64.2 Å². The summed E-state index contributed by atoms with van der Waals surface area (Å²) in [5.74, 6) is -0.743. The Kier molecular flexibility index (Phi) is 6.32. The molecule has 1 aliphatic heterocycles. The van der Waals surface area contributed by atoms with E-state index in [2.05, 4.69) is 11.0 Å². The second-order valence-electron chi connectivity index (χ2n) is 5.71. The van der Waals surface area contributed by atoms with Gasteiger partial charge in [0.1, 0.15) is 11.6 Å². The highest BCUT2D eigenvalue weighted by atomic mass is 35.5. The number of nitrogens with zero attached hydrogens (tertiary/aromatic N) is 1. The summed E-state index contributed by atoms with van der Waals surface area (Å²) in [6.07, 6.45) is 2.96. The van der Waals surface area contributed by atoms with E-state index in [4.69, 9.17) is 11.6 Å². The van der Waals surface area contributed by atoms with E-state index in [1.54, 1.807) is 12.1 Å². The molecule has 0 radical (unpaired) electrons. The van der Waals surface area contributed by atoms with E-state index in [0.29, 0.717) is 0 Å². The largest absolute Gasteiger partial charge is 0.309 e. The first-order valence-corrected chi connectivity index (χ1v) is 8.47. The van der Waals surface area contributed by atoms with Crippen LogP contribution in [0.3, 0.4) is 0 Å². The van der Waals surface area contributed by atoms with Crippen LogP contribution in [0.25, 0.3) is 5.57 Å². The van der Waals surface area contributed by atoms with E-state index in [-0.39, 0.29) is 23.2 Å². The molecular formula is C18H17Cl2F2NS. The summed E-state index contributed by atoms with van der Waals surface area (Å²) in [7, 11) is 4.03. The summed E-state index contributed by atoms with van der Waals surface area (Å²) < 4.78 is 27.4. The fourth-order valence-corrected chi connectivity index (χ4v) is 3.88. The third-order valence-electron chi connectivity index (χ3n) is 3.69. The second-order valence-corrected chi connectivity index (χ2v) is 7.21. The summed E-state index contributed by atoms with van der Waals surface area (Å²) >= 11 is 7.34. The van der Waals surface area contributed by atoms with Crippen LogP contribution in [-0.2, 0) is 0 Å². The monoisotopic (exact) mass is 387 g/mol. The van der Waals surface area contributed by atoms with E-state index in [9.17, 15) is 8.78 Å². The highest BCUT2D eigenvalue weighted by molar-refractivity contribution is 7.99. The lowest BCUT2D eigenvalue weighted by Gasteiger charge is -2.23. The van der Waals surface area contributed by atoms with Gasteiger partial charge in [-0.3, -0.25) is 0 Å². The molecule has 24 heavy (non-hydrogen) atoms. The molecule has 3 rings (SSSR count). The van der Waals surface area contributed by atoms with Crippen LogP contribution in [0.4, 0.5) is 8.78 Å². The van der Waals surface area contributed by atoms with Gasteiger partial charge in [0.25, 0.3) is 0 Å². The van der Waals surface area contributed by atoms with E-state index >= 15 is 0 Å². The van der Waals surface area contributed by atoms with Crippen LogP contribution in [-0.4, -0.2) is 25.5 Å². The Balaban J connectivity index is 0.00000208. The molecule has 1 aliphatic rings. The fraction of sp³-hybridized carbons (Fsp3) is 0.222. The van der Waals surface area contributed by atoms with Crippen molar-refractivity contribution < 1.29 is 8.78 Å². The molecule has 0 fully saturated rings. The van der Waals surface area contributed by atoms with Crippen LogP contribution in [0, 0.1) is 11.6 Å². The van der Waals surface area contributed by atoms with Gasteiger partial charge in [0, 0.05) is 16.3 Å². The van der Waals surface area contributed by atoms with Crippen LogP contribution in [0.5, 0.6) is 0 Å². The van der Waals surface area contributed by atoms with E-state index < -0.39 is 5.82 Å². The minimum atomic E-state index is -0.453. The second kappa shape index (κ2) is 7.87. The number of rotatable bonds is 3. The van der Waals surface area contributed by atoms with Gasteiger partial charge < -0.3 is 4.90 Å². The lowest BCUT2D eigenvalue weighted by atomic mass is 9.96. The highest BCUT2D eigenvalue weighted by Gasteiger charge is 2.23. The summed E-state index contributed by atoms with van der Waals surface area (Å²) in [5.41, 5.74) is 2.85. The summed E-state index contributed by atoms with van der Waals surface area (Å²) in [6.45, 7) is 0.900. The van der Waals surface area contributed by atoms with Crippen molar-refractivity contribution in [1.82, 2.24) is 4.90 Å². The van der Waals surface area contributed by atoms with Gasteiger partial charge in [-0.05, 0) is 61.5 Å². The van der Waals surface area contributed by atoms with Crippen molar-refractivity contribution >= 4 is 41.3 Å². The molecule has 0 aliphatic carbocycles. The van der Waals surface area contributed by atoms with E-state index in [1.165, 1.54) is 30.0 Å². The first-order chi connectivity index (χ1) is 11.0. The molecule has 0 spiro atoms. The van der Waals surface area contributed by atoms with Crippen molar-refractivity contribution in [3.8, 4) is 0 Å². The average molecular weight is 388 g/mol. The van der Waals surface area contributed by atoms with Gasteiger partial charge in [0.15, 0.2) is 0 Å². The highest BCUT2D eigenvalue weighted by Crippen LogP contribution is 2.47. The zero-order valence-corrected chi connectivity index (χ0v) is 15.7. The first-order valence-electron chi connectivity index (χ1n) is 7.28. The summed E-state index contributed by atoms with van der Waals surface area (Å²) in [4.78, 5) is 3.66. The molecule has 1 heterocycles. The third-order valence-corrected chi connectivity index (χ3v) is 5.10. The zero-order valence-electron chi connectivity index (χ0n) is 13.3. The van der Waals surface area contributed by atoms with Gasteiger partial charge in [-0.25, -0.2) is 8.78 Å². The molecule has 2 aromatic carbocycles. The Morgan fingerprint density at radius 3 is 2.50 bits per heavy atom. The zero-order chi connectivity index (χ0) is 16.6. The molecule has 0 N–H and O–H groups in total. The Morgan fingerprint density at radius 2 is 1.79 bits per heavy atom. The quantitative estimate of drug-likeness (QED) is 0.551. The smallest absolute Gasteiger partial charge is 0.142 e. The predicted molar refractivity (Wildman–Crippen MR) is 99.4 cm³/mol. The standard InChI is InChI=1S/C18H16ClF2NS.ClH/c1-22(2)7-3-4-12-13-6-5-11(20)8-17(13)23-18-10-16(21)15(19)9-14(12)18;/h4-6,8-10H,3,7H2,1-2H3;1H/b12-4-;. The van der Waals surface area contributed by atoms with Crippen LogP contribution in [0.1, 0.15) is 17.5 Å². The lowest BCUT2D eigenvalue weighted by Crippen LogP contribution is -2.12. The number of halogens is 4. The van der Waals surface area contributed by atoms with Crippen LogP contribution >= 0.6 is 35.8 Å². The molecule has 0 aromatic heterocycles. The Hall–Kier alpha value is -1.07. The third kappa shape index (κ3) is 3.94. The van der Waals surface area contributed by atoms with Crippen molar-refractivity contribution in [2.75, 3.05) is 20.6 Å². The summed E-state index contributed by atoms with van der Waals surface area (Å²) in [5, 5.41) is 0.105. The molecule has 0 unspecified atom stereocenters. The molecule has 6 heteroatoms. The van der Waals surface area contributed by atoms with Gasteiger partial charge in [-0.1, -0.05) is 35.5 Å². The molecule has 128 valence electrons. The first kappa shape index (κ1) is 19.3. The van der Waals surface area contributed by atoms with Crippen LogP contribution in [0.2, 0.25) is 5.02 Å². The van der Waals surface area contributed by atoms with Crippen molar-refractivity contribution in [2.24, 2.45) is 0 Å². The maximum Gasteiger partial charge on any atom is 0.142 e. The van der Waals surface area contributed by atoms with Crippen molar-refractivity contribution in [1.29, 1.82) is 0 Å². The molecule has 2 aromatic rings. The van der Waals surface area contributed by atoms with Gasteiger partial charge in [0.2, 0.25) is 0 Å². The number of benzene rings is 2. The predicted octanol–water partition coefficient (Wildman–Crippen LogP) is 5.89. The molecule has 0 saturated carbocycles. The molecule has 0 amide bonds. The van der Waals surface area contributed by atoms with Crippen molar-refractivity contribution in [3.63, 3.8) is 0 Å². The van der Waals surface area contributed by atoms with Crippen LogP contribution < -0.4 is 0 Å². The maximum absolute atomic E-state index is 13.8. The number of hydrogen-bond acceptors (Lipinski definition) is 2. The van der Waals surface area contributed by atoms with Gasteiger partial charge in [-0.15, -0.1) is 12.4 Å². The summed E-state index contributed by atoms with van der Waals surface area (Å²) in [6, 6.07) is 7.81. The molecular weight excluding hydrogens is 371 g/mol. The number of fused-ring (bicyclic) bond motifs is 2.